The van der Waals surface area contributed by atoms with E-state index in [-0.39, 0.29) is 16.3 Å². The van der Waals surface area contributed by atoms with Crippen molar-refractivity contribution in [3.63, 3.8) is 0 Å². The number of hydrogen-bond acceptors (Lipinski definition) is 1. The molecule has 0 unspecified atom stereocenters. The Kier molecular flexibility index (Phi) is 2.98. The van der Waals surface area contributed by atoms with Crippen LogP contribution < -0.4 is 5.56 Å². The molecule has 0 aliphatic rings. The average Bonchev–Trinajstić information content (AvgIpc) is 2.57. The highest BCUT2D eigenvalue weighted by atomic mass is 35.5. The molecule has 0 radical (unpaired) electrons. The number of aromatic amines is 1. The Bertz CT molecular complexity index is 642. The van der Waals surface area contributed by atoms with E-state index in [0.717, 1.165) is 11.6 Å². The van der Waals surface area contributed by atoms with Crippen LogP contribution in [0, 0.1) is 6.92 Å². The van der Waals surface area contributed by atoms with Gasteiger partial charge in [-0.25, -0.2) is 4.68 Å². The van der Waals surface area contributed by atoms with Gasteiger partial charge in [-0.15, -0.1) is 0 Å². The number of alkyl halides is 3. The van der Waals surface area contributed by atoms with Crippen LogP contribution in [-0.4, -0.2) is 9.78 Å². The lowest BCUT2D eigenvalue weighted by molar-refractivity contribution is -0.141. The predicted molar refractivity (Wildman–Crippen MR) is 61.1 cm³/mol. The first-order valence-corrected chi connectivity index (χ1v) is 5.34. The highest BCUT2D eigenvalue weighted by Gasteiger charge is 2.36. The van der Waals surface area contributed by atoms with Gasteiger partial charge in [0.1, 0.15) is 5.69 Å². The number of nitrogens with one attached hydrogen (secondary N) is 1. The van der Waals surface area contributed by atoms with E-state index < -0.39 is 17.4 Å². The van der Waals surface area contributed by atoms with Crippen LogP contribution in [0.5, 0.6) is 0 Å². The molecule has 7 heteroatoms. The lowest BCUT2D eigenvalue weighted by Gasteiger charge is -2.05. The second-order valence-electron chi connectivity index (χ2n) is 3.70. The minimum Gasteiger partial charge on any atom is -0.286 e. The van der Waals surface area contributed by atoms with Crippen molar-refractivity contribution in [2.24, 2.45) is 0 Å². The zero-order valence-corrected chi connectivity index (χ0v) is 9.93. The zero-order valence-electron chi connectivity index (χ0n) is 9.18. The first kappa shape index (κ1) is 12.8. The highest BCUT2D eigenvalue weighted by molar-refractivity contribution is 6.32. The van der Waals surface area contributed by atoms with Crippen molar-refractivity contribution in [1.29, 1.82) is 0 Å². The van der Waals surface area contributed by atoms with E-state index in [2.05, 4.69) is 0 Å². The normalized spacial score (nSPS) is 11.8. The van der Waals surface area contributed by atoms with Gasteiger partial charge in [-0.05, 0) is 19.1 Å². The van der Waals surface area contributed by atoms with Gasteiger partial charge in [0.2, 0.25) is 0 Å². The summed E-state index contributed by atoms with van der Waals surface area (Å²) >= 11 is 5.85. The van der Waals surface area contributed by atoms with Gasteiger partial charge in [-0.1, -0.05) is 23.7 Å². The fraction of sp³-hybridized carbons (Fsp3) is 0.182. The van der Waals surface area contributed by atoms with E-state index >= 15 is 0 Å². The minimum absolute atomic E-state index is 0.183. The van der Waals surface area contributed by atoms with Crippen molar-refractivity contribution < 1.29 is 13.2 Å². The number of hydrogen-bond donors (Lipinski definition) is 1. The largest absolute Gasteiger partial charge is 0.433 e. The zero-order chi connectivity index (χ0) is 13.5. The van der Waals surface area contributed by atoms with Crippen LogP contribution in [0.4, 0.5) is 13.2 Å². The third kappa shape index (κ3) is 2.03. The summed E-state index contributed by atoms with van der Waals surface area (Å²) in [7, 11) is 0. The van der Waals surface area contributed by atoms with Crippen LogP contribution in [0.3, 0.4) is 0 Å². The van der Waals surface area contributed by atoms with Crippen molar-refractivity contribution in [2.75, 3.05) is 0 Å². The van der Waals surface area contributed by atoms with E-state index in [1.54, 1.807) is 12.1 Å². The highest BCUT2D eigenvalue weighted by Crippen LogP contribution is 2.29. The molecule has 0 spiro atoms. The van der Waals surface area contributed by atoms with Crippen molar-refractivity contribution in [3.8, 4) is 5.69 Å². The summed E-state index contributed by atoms with van der Waals surface area (Å²) in [6, 6.07) is 6.15. The summed E-state index contributed by atoms with van der Waals surface area (Å²) < 4.78 is 38.7. The lowest BCUT2D eigenvalue weighted by atomic mass is 10.2. The maximum absolute atomic E-state index is 12.6. The van der Waals surface area contributed by atoms with Gasteiger partial charge in [-0.3, -0.25) is 9.89 Å². The molecular weight excluding hydrogens is 269 g/mol. The summed E-state index contributed by atoms with van der Waals surface area (Å²) in [5.74, 6) is 0. The Morgan fingerprint density at radius 2 is 1.89 bits per heavy atom. The van der Waals surface area contributed by atoms with Gasteiger partial charge in [0, 0.05) is 5.56 Å². The predicted octanol–water partition coefficient (Wildman–Crippen LogP) is 3.15. The van der Waals surface area contributed by atoms with E-state index in [1.807, 2.05) is 5.10 Å². The fourth-order valence-electron chi connectivity index (χ4n) is 1.60. The Labute approximate surface area is 105 Å². The molecule has 0 fully saturated rings. The van der Waals surface area contributed by atoms with Crippen LogP contribution in [-0.2, 0) is 6.18 Å². The Morgan fingerprint density at radius 1 is 1.28 bits per heavy atom. The quantitative estimate of drug-likeness (QED) is 0.854. The molecule has 0 aliphatic carbocycles. The van der Waals surface area contributed by atoms with Gasteiger partial charge < -0.3 is 0 Å². The summed E-state index contributed by atoms with van der Waals surface area (Å²) in [6.45, 7) is 1.12. The number of halogens is 4. The van der Waals surface area contributed by atoms with Crippen molar-refractivity contribution in [1.82, 2.24) is 9.78 Å². The molecule has 0 bridgehead atoms. The van der Waals surface area contributed by atoms with Gasteiger partial charge in [0.15, 0.2) is 0 Å². The number of benzene rings is 1. The van der Waals surface area contributed by atoms with Crippen molar-refractivity contribution in [3.05, 3.63) is 50.9 Å². The molecule has 1 heterocycles. The summed E-state index contributed by atoms with van der Waals surface area (Å²) in [5, 5.41) is 2.23. The van der Waals surface area contributed by atoms with Crippen LogP contribution in [0.15, 0.2) is 29.1 Å². The maximum atomic E-state index is 12.6. The van der Waals surface area contributed by atoms with Gasteiger partial charge in [0.25, 0.3) is 5.56 Å². The van der Waals surface area contributed by atoms with E-state index in [0.29, 0.717) is 0 Å². The molecule has 2 aromatic rings. The number of H-pyrrole nitrogens is 1. The molecular formula is C11H8ClF3N2O. The van der Waals surface area contributed by atoms with E-state index in [9.17, 15) is 18.0 Å². The monoisotopic (exact) mass is 276 g/mol. The Hall–Kier alpha value is -1.69. The third-order valence-corrected chi connectivity index (χ3v) is 2.82. The molecule has 3 nitrogen and oxygen atoms in total. The van der Waals surface area contributed by atoms with Crippen LogP contribution in [0.2, 0.25) is 5.02 Å². The molecule has 1 N–H and O–H groups in total. The molecule has 0 atom stereocenters. The van der Waals surface area contributed by atoms with Gasteiger partial charge in [0.05, 0.1) is 10.7 Å². The standard InChI is InChI=1S/C11H8ClF3N2O/c1-6-9(11(13,14)15)16-17(10(6)18)8-5-3-2-4-7(8)12/h2-5,16H,1H3. The average molecular weight is 277 g/mol. The molecule has 1 aromatic carbocycles. The number of nitrogens with zero attached hydrogens (tertiary/aromatic N) is 1. The SMILES string of the molecule is Cc1c(C(F)(F)F)[nH]n(-c2ccccc2Cl)c1=O. The Morgan fingerprint density at radius 3 is 2.39 bits per heavy atom. The fourth-order valence-corrected chi connectivity index (χ4v) is 1.82. The molecule has 2 rings (SSSR count). The second-order valence-corrected chi connectivity index (χ2v) is 4.11. The van der Waals surface area contributed by atoms with E-state index in [4.69, 9.17) is 11.6 Å². The summed E-state index contributed by atoms with van der Waals surface area (Å²) in [5.41, 5.74) is -2.03. The molecule has 18 heavy (non-hydrogen) atoms. The molecule has 0 aliphatic heterocycles. The van der Waals surface area contributed by atoms with Gasteiger partial charge >= 0.3 is 6.18 Å². The van der Waals surface area contributed by atoms with Crippen LogP contribution >= 0.6 is 11.6 Å². The van der Waals surface area contributed by atoms with Crippen molar-refractivity contribution >= 4 is 11.6 Å². The molecule has 1 aromatic heterocycles. The van der Waals surface area contributed by atoms with Crippen molar-refractivity contribution in [2.45, 2.75) is 13.1 Å². The number of rotatable bonds is 1. The van der Waals surface area contributed by atoms with E-state index in [1.165, 1.54) is 12.1 Å². The minimum atomic E-state index is -4.60. The molecule has 96 valence electrons. The second kappa shape index (κ2) is 4.20. The van der Waals surface area contributed by atoms with Gasteiger partial charge in [-0.2, -0.15) is 13.2 Å². The summed E-state index contributed by atoms with van der Waals surface area (Å²) in [4.78, 5) is 11.8. The van der Waals surface area contributed by atoms with Crippen LogP contribution in [0.1, 0.15) is 11.3 Å². The number of aromatic nitrogens is 2. The lowest BCUT2D eigenvalue weighted by Crippen LogP contribution is -2.16. The first-order valence-electron chi connectivity index (χ1n) is 4.96. The molecule has 0 saturated heterocycles. The number of para-hydroxylation sites is 1. The summed E-state index contributed by atoms with van der Waals surface area (Å²) in [6.07, 6.45) is -4.60. The van der Waals surface area contributed by atoms with Crippen LogP contribution in [0.25, 0.3) is 5.69 Å². The molecule has 0 saturated carbocycles. The molecule has 0 amide bonds. The maximum Gasteiger partial charge on any atom is 0.433 e. The topological polar surface area (TPSA) is 37.8 Å². The smallest absolute Gasteiger partial charge is 0.286 e. The third-order valence-electron chi connectivity index (χ3n) is 2.50. The Balaban J connectivity index is 2.69. The first-order chi connectivity index (χ1) is 8.32.